The van der Waals surface area contributed by atoms with Crippen LogP contribution in [0.5, 0.6) is 0 Å². The monoisotopic (exact) mass is 397 g/mol. The van der Waals surface area contributed by atoms with E-state index in [2.05, 4.69) is 10.6 Å². The lowest BCUT2D eigenvalue weighted by Crippen LogP contribution is -2.39. The van der Waals surface area contributed by atoms with E-state index in [1.807, 2.05) is 0 Å². The van der Waals surface area contributed by atoms with Crippen LogP contribution in [0.1, 0.15) is 6.42 Å². The SMILES string of the molecule is O=C(Nc1cccc(Cl)c1Cl)NC1CC(=O)N(c2ccc(Cl)cc2)C1. The molecule has 1 heterocycles. The molecule has 0 spiro atoms. The molecule has 1 unspecified atom stereocenters. The average molecular weight is 399 g/mol. The molecule has 0 saturated carbocycles. The van der Waals surface area contributed by atoms with Gasteiger partial charge in [0.05, 0.1) is 21.8 Å². The molecule has 130 valence electrons. The van der Waals surface area contributed by atoms with Gasteiger partial charge in [-0.25, -0.2) is 4.79 Å². The minimum atomic E-state index is -0.445. The number of carbonyl (C=O) groups is 2. The van der Waals surface area contributed by atoms with Crippen LogP contribution in [0, 0.1) is 0 Å². The van der Waals surface area contributed by atoms with E-state index in [1.165, 1.54) is 0 Å². The zero-order valence-corrected chi connectivity index (χ0v) is 15.2. The van der Waals surface area contributed by atoms with Gasteiger partial charge in [0.25, 0.3) is 0 Å². The molecule has 3 rings (SSSR count). The highest BCUT2D eigenvalue weighted by molar-refractivity contribution is 6.44. The second kappa shape index (κ2) is 7.52. The number of hydrogen-bond donors (Lipinski definition) is 2. The molecule has 1 aliphatic rings. The molecular formula is C17H14Cl3N3O2. The first kappa shape index (κ1) is 17.9. The van der Waals surface area contributed by atoms with E-state index in [4.69, 9.17) is 34.8 Å². The smallest absolute Gasteiger partial charge is 0.319 e. The Hall–Kier alpha value is -1.95. The van der Waals surface area contributed by atoms with Crippen molar-refractivity contribution in [3.63, 3.8) is 0 Å². The number of halogens is 3. The lowest BCUT2D eigenvalue weighted by atomic mass is 10.2. The second-order valence-corrected chi connectivity index (χ2v) is 6.80. The van der Waals surface area contributed by atoms with Crippen molar-refractivity contribution in [2.45, 2.75) is 12.5 Å². The topological polar surface area (TPSA) is 61.4 Å². The fraction of sp³-hybridized carbons (Fsp3) is 0.176. The second-order valence-electron chi connectivity index (χ2n) is 5.58. The number of amides is 3. The van der Waals surface area contributed by atoms with Gasteiger partial charge in [0.15, 0.2) is 0 Å². The number of nitrogens with zero attached hydrogens (tertiary/aromatic N) is 1. The van der Waals surface area contributed by atoms with Crippen LogP contribution in [0.25, 0.3) is 0 Å². The number of anilines is 2. The van der Waals surface area contributed by atoms with Crippen LogP contribution in [0.4, 0.5) is 16.2 Å². The minimum Gasteiger partial charge on any atom is -0.333 e. The molecule has 1 atom stereocenters. The van der Waals surface area contributed by atoms with Gasteiger partial charge in [-0.05, 0) is 36.4 Å². The summed E-state index contributed by atoms with van der Waals surface area (Å²) in [4.78, 5) is 26.0. The molecule has 1 fully saturated rings. The minimum absolute atomic E-state index is 0.0617. The van der Waals surface area contributed by atoms with E-state index < -0.39 is 6.03 Å². The molecule has 0 aromatic heterocycles. The van der Waals surface area contributed by atoms with Gasteiger partial charge in [-0.3, -0.25) is 4.79 Å². The summed E-state index contributed by atoms with van der Waals surface area (Å²) in [6, 6.07) is 11.2. The van der Waals surface area contributed by atoms with Crippen molar-refractivity contribution in [3.05, 3.63) is 57.5 Å². The van der Waals surface area contributed by atoms with Crippen LogP contribution in [0.15, 0.2) is 42.5 Å². The van der Waals surface area contributed by atoms with Gasteiger partial charge < -0.3 is 15.5 Å². The third-order valence-corrected chi connectivity index (χ3v) is 4.87. The first-order valence-electron chi connectivity index (χ1n) is 7.51. The molecule has 3 amide bonds. The summed E-state index contributed by atoms with van der Waals surface area (Å²) in [5.74, 6) is -0.0617. The van der Waals surface area contributed by atoms with Gasteiger partial charge >= 0.3 is 6.03 Å². The lowest BCUT2D eigenvalue weighted by Gasteiger charge is -2.17. The highest BCUT2D eigenvalue weighted by Gasteiger charge is 2.31. The maximum absolute atomic E-state index is 12.2. The zero-order valence-electron chi connectivity index (χ0n) is 12.9. The van der Waals surface area contributed by atoms with E-state index in [1.54, 1.807) is 47.4 Å². The molecule has 25 heavy (non-hydrogen) atoms. The third-order valence-electron chi connectivity index (χ3n) is 3.80. The summed E-state index contributed by atoms with van der Waals surface area (Å²) in [6.07, 6.45) is 0.222. The molecule has 0 bridgehead atoms. The van der Waals surface area contributed by atoms with Crippen LogP contribution in [0.2, 0.25) is 15.1 Å². The van der Waals surface area contributed by atoms with Crippen LogP contribution in [0.3, 0.4) is 0 Å². The molecule has 2 aromatic rings. The Balaban J connectivity index is 1.62. The van der Waals surface area contributed by atoms with Gasteiger partial charge in [-0.2, -0.15) is 0 Å². The predicted octanol–water partition coefficient (Wildman–Crippen LogP) is 4.57. The molecule has 2 aromatic carbocycles. The summed E-state index contributed by atoms with van der Waals surface area (Å²) in [6.45, 7) is 0.386. The highest BCUT2D eigenvalue weighted by Crippen LogP contribution is 2.29. The molecule has 2 N–H and O–H groups in total. The Labute approximate surface area is 159 Å². The largest absolute Gasteiger partial charge is 0.333 e. The van der Waals surface area contributed by atoms with Crippen molar-refractivity contribution in [2.75, 3.05) is 16.8 Å². The number of urea groups is 1. The summed E-state index contributed by atoms with van der Waals surface area (Å²) in [7, 11) is 0. The van der Waals surface area contributed by atoms with Gasteiger partial charge in [0.1, 0.15) is 0 Å². The van der Waals surface area contributed by atoms with Crippen molar-refractivity contribution < 1.29 is 9.59 Å². The van der Waals surface area contributed by atoms with Crippen molar-refractivity contribution in [2.24, 2.45) is 0 Å². The summed E-state index contributed by atoms with van der Waals surface area (Å²) in [5, 5.41) is 6.64. The summed E-state index contributed by atoms with van der Waals surface area (Å²) < 4.78 is 0. The van der Waals surface area contributed by atoms with E-state index in [-0.39, 0.29) is 23.4 Å². The number of benzene rings is 2. The molecule has 8 heteroatoms. The van der Waals surface area contributed by atoms with Crippen molar-refractivity contribution in [3.8, 4) is 0 Å². The van der Waals surface area contributed by atoms with Crippen molar-refractivity contribution in [1.82, 2.24) is 5.32 Å². The zero-order chi connectivity index (χ0) is 18.0. The Kier molecular flexibility index (Phi) is 5.37. The van der Waals surface area contributed by atoms with Gasteiger partial charge in [0.2, 0.25) is 5.91 Å². The normalized spacial score (nSPS) is 16.8. The Bertz CT molecular complexity index is 811. The fourth-order valence-corrected chi connectivity index (χ4v) is 3.09. The van der Waals surface area contributed by atoms with Gasteiger partial charge in [-0.15, -0.1) is 0 Å². The molecule has 1 saturated heterocycles. The van der Waals surface area contributed by atoms with Crippen LogP contribution in [-0.2, 0) is 4.79 Å². The first-order valence-corrected chi connectivity index (χ1v) is 8.65. The maximum Gasteiger partial charge on any atom is 0.319 e. The molecule has 0 aliphatic carbocycles. The van der Waals surface area contributed by atoms with Gasteiger partial charge in [0, 0.05) is 23.7 Å². The quantitative estimate of drug-likeness (QED) is 0.795. The van der Waals surface area contributed by atoms with Crippen LogP contribution < -0.4 is 15.5 Å². The van der Waals surface area contributed by atoms with Crippen molar-refractivity contribution in [1.29, 1.82) is 0 Å². The lowest BCUT2D eigenvalue weighted by molar-refractivity contribution is -0.117. The number of nitrogens with one attached hydrogen (secondary N) is 2. The molecule has 5 nitrogen and oxygen atoms in total. The number of rotatable bonds is 3. The standard InChI is InChI=1S/C17H14Cl3N3O2/c18-10-4-6-12(7-5-10)23-9-11(8-15(23)24)21-17(25)22-14-3-1-2-13(19)16(14)20/h1-7,11H,8-9H2,(H2,21,22,25). The first-order chi connectivity index (χ1) is 11.9. The molecular weight excluding hydrogens is 385 g/mol. The average Bonchev–Trinajstić information content (AvgIpc) is 2.93. The summed E-state index contributed by atoms with van der Waals surface area (Å²) >= 11 is 17.8. The van der Waals surface area contributed by atoms with E-state index in [0.29, 0.717) is 22.3 Å². The highest BCUT2D eigenvalue weighted by atomic mass is 35.5. The Morgan fingerprint density at radius 2 is 1.80 bits per heavy atom. The van der Waals surface area contributed by atoms with E-state index in [9.17, 15) is 9.59 Å². The van der Waals surface area contributed by atoms with Crippen molar-refractivity contribution >= 4 is 58.1 Å². The number of carbonyl (C=O) groups excluding carboxylic acids is 2. The van der Waals surface area contributed by atoms with E-state index >= 15 is 0 Å². The third kappa shape index (κ3) is 4.18. The summed E-state index contributed by atoms with van der Waals surface area (Å²) in [5.41, 5.74) is 1.16. The predicted molar refractivity (Wildman–Crippen MR) is 101 cm³/mol. The van der Waals surface area contributed by atoms with Gasteiger partial charge in [-0.1, -0.05) is 40.9 Å². The maximum atomic E-state index is 12.2. The number of hydrogen-bond acceptors (Lipinski definition) is 2. The Morgan fingerprint density at radius 1 is 1.08 bits per heavy atom. The molecule has 1 aliphatic heterocycles. The van der Waals surface area contributed by atoms with Crippen LogP contribution >= 0.6 is 34.8 Å². The molecule has 0 radical (unpaired) electrons. The van der Waals surface area contributed by atoms with E-state index in [0.717, 1.165) is 5.69 Å². The Morgan fingerprint density at radius 3 is 2.52 bits per heavy atom. The van der Waals surface area contributed by atoms with Crippen LogP contribution in [-0.4, -0.2) is 24.5 Å². The fourth-order valence-electron chi connectivity index (χ4n) is 2.62.